The van der Waals surface area contributed by atoms with Gasteiger partial charge in [0, 0.05) is 50.2 Å². The fourth-order valence-electron chi connectivity index (χ4n) is 3.02. The molecular formula is C18H23N5O2. The van der Waals surface area contributed by atoms with Crippen molar-refractivity contribution in [3.8, 4) is 0 Å². The van der Waals surface area contributed by atoms with Crippen LogP contribution >= 0.6 is 0 Å². The van der Waals surface area contributed by atoms with Gasteiger partial charge in [-0.15, -0.1) is 0 Å². The Morgan fingerprint density at radius 3 is 3.00 bits per heavy atom. The van der Waals surface area contributed by atoms with Crippen LogP contribution in [0.25, 0.3) is 0 Å². The van der Waals surface area contributed by atoms with Crippen LogP contribution in [-0.4, -0.2) is 40.3 Å². The standard InChI is InChI=1S/C18H23N5O2/c1-3-15-8-14(4-6-19-15)18(25)20-10-13-5-7-23(12-13)16-9-17(24)22(2)21-11-16/h4,6,8-9,11,13H,3,5,7,10,12H2,1-2H3,(H,20,25)/t13-/m0/s1. The normalized spacial score (nSPS) is 16.9. The fourth-order valence-corrected chi connectivity index (χ4v) is 3.02. The lowest BCUT2D eigenvalue weighted by Crippen LogP contribution is -2.31. The van der Waals surface area contributed by atoms with Gasteiger partial charge < -0.3 is 10.2 Å². The molecule has 0 unspecified atom stereocenters. The summed E-state index contributed by atoms with van der Waals surface area (Å²) in [5.41, 5.74) is 2.30. The number of aryl methyl sites for hydroxylation is 2. The highest BCUT2D eigenvalue weighted by atomic mass is 16.1. The summed E-state index contributed by atoms with van der Waals surface area (Å²) in [6.07, 6.45) is 5.18. The van der Waals surface area contributed by atoms with Gasteiger partial charge in [-0.2, -0.15) is 5.10 Å². The molecule has 0 spiro atoms. The first-order chi connectivity index (χ1) is 12.1. The van der Waals surface area contributed by atoms with Crippen LogP contribution in [0.4, 0.5) is 5.69 Å². The van der Waals surface area contributed by atoms with E-state index in [0.29, 0.717) is 18.0 Å². The molecule has 0 aliphatic carbocycles. The van der Waals surface area contributed by atoms with Gasteiger partial charge in [0.1, 0.15) is 0 Å². The lowest BCUT2D eigenvalue weighted by atomic mass is 10.1. The van der Waals surface area contributed by atoms with E-state index in [2.05, 4.69) is 20.3 Å². The number of hydrogen-bond donors (Lipinski definition) is 1. The van der Waals surface area contributed by atoms with Crippen LogP contribution < -0.4 is 15.8 Å². The number of nitrogens with one attached hydrogen (secondary N) is 1. The Bertz CT molecular complexity index is 817. The molecule has 1 fully saturated rings. The second-order valence-electron chi connectivity index (χ2n) is 6.38. The van der Waals surface area contributed by atoms with Crippen LogP contribution in [0.1, 0.15) is 29.4 Å². The Kier molecular flexibility index (Phi) is 5.11. The van der Waals surface area contributed by atoms with Gasteiger partial charge in [0.15, 0.2) is 0 Å². The van der Waals surface area contributed by atoms with Crippen molar-refractivity contribution >= 4 is 11.6 Å². The van der Waals surface area contributed by atoms with E-state index < -0.39 is 0 Å². The highest BCUT2D eigenvalue weighted by molar-refractivity contribution is 5.94. The van der Waals surface area contributed by atoms with E-state index in [4.69, 9.17) is 0 Å². The predicted octanol–water partition coefficient (Wildman–Crippen LogP) is 0.994. The van der Waals surface area contributed by atoms with Crippen molar-refractivity contribution in [2.24, 2.45) is 13.0 Å². The van der Waals surface area contributed by atoms with Crippen LogP contribution in [-0.2, 0) is 13.5 Å². The molecule has 132 valence electrons. The summed E-state index contributed by atoms with van der Waals surface area (Å²) in [4.78, 5) is 30.4. The van der Waals surface area contributed by atoms with Crippen molar-refractivity contribution < 1.29 is 4.79 Å². The van der Waals surface area contributed by atoms with Crippen LogP contribution in [0.2, 0.25) is 0 Å². The van der Waals surface area contributed by atoms with E-state index in [1.54, 1.807) is 31.6 Å². The van der Waals surface area contributed by atoms with E-state index in [1.807, 2.05) is 13.0 Å². The molecule has 2 aromatic heterocycles. The third-order valence-electron chi connectivity index (χ3n) is 4.60. The first-order valence-electron chi connectivity index (χ1n) is 8.58. The molecule has 7 nitrogen and oxygen atoms in total. The van der Waals surface area contributed by atoms with Gasteiger partial charge in [-0.3, -0.25) is 14.6 Å². The zero-order valence-electron chi connectivity index (χ0n) is 14.6. The van der Waals surface area contributed by atoms with E-state index in [-0.39, 0.29) is 11.5 Å². The zero-order valence-corrected chi connectivity index (χ0v) is 14.6. The second kappa shape index (κ2) is 7.46. The number of nitrogens with zero attached hydrogens (tertiary/aromatic N) is 4. The molecule has 1 atom stereocenters. The summed E-state index contributed by atoms with van der Waals surface area (Å²) < 4.78 is 1.32. The molecule has 3 heterocycles. The quantitative estimate of drug-likeness (QED) is 0.877. The number of aromatic nitrogens is 3. The minimum absolute atomic E-state index is 0.0641. The number of hydrogen-bond acceptors (Lipinski definition) is 5. The Balaban J connectivity index is 1.55. The van der Waals surface area contributed by atoms with Crippen LogP contribution in [0.15, 0.2) is 35.4 Å². The van der Waals surface area contributed by atoms with Gasteiger partial charge in [0.2, 0.25) is 0 Å². The first-order valence-corrected chi connectivity index (χ1v) is 8.58. The number of anilines is 1. The molecule has 1 aliphatic rings. The summed E-state index contributed by atoms with van der Waals surface area (Å²) in [5.74, 6) is 0.297. The molecule has 3 rings (SSSR count). The minimum Gasteiger partial charge on any atom is -0.370 e. The lowest BCUT2D eigenvalue weighted by Gasteiger charge is -2.18. The average Bonchev–Trinajstić information content (AvgIpc) is 3.11. The van der Waals surface area contributed by atoms with E-state index in [0.717, 1.165) is 37.3 Å². The summed E-state index contributed by atoms with van der Waals surface area (Å²) in [6, 6.07) is 5.18. The first kappa shape index (κ1) is 17.1. The van der Waals surface area contributed by atoms with Crippen molar-refractivity contribution in [1.82, 2.24) is 20.1 Å². The molecule has 1 N–H and O–H groups in total. The summed E-state index contributed by atoms with van der Waals surface area (Å²) >= 11 is 0. The van der Waals surface area contributed by atoms with Gasteiger partial charge in [-0.1, -0.05) is 6.92 Å². The van der Waals surface area contributed by atoms with Gasteiger partial charge >= 0.3 is 0 Å². The summed E-state index contributed by atoms with van der Waals surface area (Å²) in [7, 11) is 1.64. The predicted molar refractivity (Wildman–Crippen MR) is 95.7 cm³/mol. The number of amides is 1. The summed E-state index contributed by atoms with van der Waals surface area (Å²) in [6.45, 7) is 4.32. The third-order valence-corrected chi connectivity index (χ3v) is 4.60. The smallest absolute Gasteiger partial charge is 0.268 e. The maximum Gasteiger partial charge on any atom is 0.268 e. The topological polar surface area (TPSA) is 80.1 Å². The Morgan fingerprint density at radius 2 is 2.24 bits per heavy atom. The maximum absolute atomic E-state index is 12.3. The Hall–Kier alpha value is -2.70. The van der Waals surface area contributed by atoms with E-state index >= 15 is 0 Å². The van der Waals surface area contributed by atoms with Crippen molar-refractivity contribution in [2.75, 3.05) is 24.5 Å². The molecule has 2 aromatic rings. The number of carbonyl (C=O) groups excluding carboxylic acids is 1. The third kappa shape index (κ3) is 4.04. The lowest BCUT2D eigenvalue weighted by molar-refractivity contribution is 0.0948. The van der Waals surface area contributed by atoms with Crippen LogP contribution in [0.5, 0.6) is 0 Å². The van der Waals surface area contributed by atoms with E-state index in [1.165, 1.54) is 4.68 Å². The number of carbonyl (C=O) groups is 1. The molecule has 7 heteroatoms. The minimum atomic E-state index is -0.112. The molecule has 25 heavy (non-hydrogen) atoms. The molecule has 1 amide bonds. The maximum atomic E-state index is 12.3. The van der Waals surface area contributed by atoms with Gasteiger partial charge in [0.25, 0.3) is 11.5 Å². The van der Waals surface area contributed by atoms with Crippen LogP contribution in [0.3, 0.4) is 0 Å². The number of pyridine rings is 1. The highest BCUT2D eigenvalue weighted by Gasteiger charge is 2.24. The van der Waals surface area contributed by atoms with Gasteiger partial charge in [-0.05, 0) is 30.9 Å². The molecule has 1 aliphatic heterocycles. The fraction of sp³-hybridized carbons (Fsp3) is 0.444. The molecule has 0 bridgehead atoms. The van der Waals surface area contributed by atoms with Crippen molar-refractivity contribution in [2.45, 2.75) is 19.8 Å². The summed E-state index contributed by atoms with van der Waals surface area (Å²) in [5, 5.41) is 7.08. The zero-order chi connectivity index (χ0) is 17.8. The molecule has 0 saturated carbocycles. The van der Waals surface area contributed by atoms with Crippen LogP contribution in [0, 0.1) is 5.92 Å². The second-order valence-corrected chi connectivity index (χ2v) is 6.38. The number of rotatable bonds is 5. The SMILES string of the molecule is CCc1cc(C(=O)NC[C@@H]2CCN(c3cnn(C)c(=O)c3)C2)ccn1. The average molecular weight is 341 g/mol. The Labute approximate surface area is 146 Å². The largest absolute Gasteiger partial charge is 0.370 e. The molecule has 0 aromatic carbocycles. The van der Waals surface area contributed by atoms with Gasteiger partial charge in [-0.25, -0.2) is 4.68 Å². The highest BCUT2D eigenvalue weighted by Crippen LogP contribution is 2.21. The van der Waals surface area contributed by atoms with Gasteiger partial charge in [0.05, 0.1) is 11.9 Å². The molecule has 0 radical (unpaired) electrons. The van der Waals surface area contributed by atoms with Crippen molar-refractivity contribution in [1.29, 1.82) is 0 Å². The Morgan fingerprint density at radius 1 is 1.40 bits per heavy atom. The van der Waals surface area contributed by atoms with Crippen molar-refractivity contribution in [3.05, 3.63) is 52.2 Å². The van der Waals surface area contributed by atoms with E-state index in [9.17, 15) is 9.59 Å². The molecular weight excluding hydrogens is 318 g/mol. The van der Waals surface area contributed by atoms with Crippen molar-refractivity contribution in [3.63, 3.8) is 0 Å². The monoisotopic (exact) mass is 341 g/mol. The molecule has 1 saturated heterocycles.